The Morgan fingerprint density at radius 2 is 2.25 bits per heavy atom. The lowest BCUT2D eigenvalue weighted by molar-refractivity contribution is 0.640. The van der Waals surface area contributed by atoms with Crippen LogP contribution in [0.25, 0.3) is 10.9 Å². The van der Waals surface area contributed by atoms with Crippen LogP contribution in [-0.4, -0.2) is 4.98 Å². The van der Waals surface area contributed by atoms with Crippen molar-refractivity contribution < 1.29 is 4.39 Å². The van der Waals surface area contributed by atoms with E-state index in [1.165, 1.54) is 6.07 Å². The quantitative estimate of drug-likeness (QED) is 0.629. The number of fused-ring (bicyclic) bond motifs is 1. The molecule has 2 aromatic rings. The van der Waals surface area contributed by atoms with Gasteiger partial charge in [0.1, 0.15) is 5.82 Å². The van der Waals surface area contributed by atoms with Crippen LogP contribution in [0.5, 0.6) is 0 Å². The first-order chi connectivity index (χ1) is 5.81. The Morgan fingerprint density at radius 1 is 1.42 bits per heavy atom. The lowest BCUT2D eigenvalue weighted by Gasteiger charge is -1.88. The smallest absolute Gasteiger partial charge is 0.132 e. The molecule has 1 N–H and O–H groups in total. The lowest BCUT2D eigenvalue weighted by Crippen LogP contribution is -1.73. The standard InChI is InChI=1S/C9H8FNS/c10-8-2-1-3-9-7(8)4-6(5-12)11-9/h1-4,11-12H,5H2. The fourth-order valence-corrected chi connectivity index (χ4v) is 1.43. The Hall–Kier alpha value is -0.960. The van der Waals surface area contributed by atoms with Gasteiger partial charge in [-0.25, -0.2) is 4.39 Å². The molecule has 0 aliphatic heterocycles. The van der Waals surface area contributed by atoms with Crippen molar-refractivity contribution in [3.8, 4) is 0 Å². The number of hydrogen-bond acceptors (Lipinski definition) is 1. The first-order valence-corrected chi connectivity index (χ1v) is 4.31. The van der Waals surface area contributed by atoms with Crippen molar-refractivity contribution in [2.45, 2.75) is 5.75 Å². The van der Waals surface area contributed by atoms with Crippen LogP contribution in [0, 0.1) is 5.82 Å². The SMILES string of the molecule is Fc1cccc2[nH]c(CS)cc12. The van der Waals surface area contributed by atoms with Crippen molar-refractivity contribution >= 4 is 23.5 Å². The van der Waals surface area contributed by atoms with E-state index < -0.39 is 0 Å². The van der Waals surface area contributed by atoms with Gasteiger partial charge in [-0.2, -0.15) is 12.6 Å². The van der Waals surface area contributed by atoms with Gasteiger partial charge in [-0.3, -0.25) is 0 Å². The van der Waals surface area contributed by atoms with Crippen molar-refractivity contribution in [3.63, 3.8) is 0 Å². The van der Waals surface area contributed by atoms with Gasteiger partial charge in [0, 0.05) is 22.3 Å². The Labute approximate surface area is 75.0 Å². The topological polar surface area (TPSA) is 15.8 Å². The summed E-state index contributed by atoms with van der Waals surface area (Å²) >= 11 is 4.10. The van der Waals surface area contributed by atoms with E-state index in [4.69, 9.17) is 0 Å². The lowest BCUT2D eigenvalue weighted by atomic mass is 10.2. The zero-order chi connectivity index (χ0) is 8.55. The fraction of sp³-hybridized carbons (Fsp3) is 0.111. The average molecular weight is 181 g/mol. The molecule has 12 heavy (non-hydrogen) atoms. The Morgan fingerprint density at radius 3 is 2.92 bits per heavy atom. The highest BCUT2D eigenvalue weighted by atomic mass is 32.1. The van der Waals surface area contributed by atoms with Crippen LogP contribution in [0.2, 0.25) is 0 Å². The maximum Gasteiger partial charge on any atom is 0.132 e. The molecule has 1 heterocycles. The summed E-state index contributed by atoms with van der Waals surface area (Å²) in [5.74, 6) is 0.422. The zero-order valence-electron chi connectivity index (χ0n) is 6.34. The van der Waals surface area contributed by atoms with Crippen molar-refractivity contribution in [2.24, 2.45) is 0 Å². The predicted octanol–water partition coefficient (Wildman–Crippen LogP) is 2.74. The van der Waals surface area contributed by atoms with Crippen molar-refractivity contribution in [1.82, 2.24) is 4.98 Å². The van der Waals surface area contributed by atoms with Crippen LogP contribution < -0.4 is 0 Å². The molecule has 0 spiro atoms. The fourth-order valence-electron chi connectivity index (χ4n) is 1.26. The first kappa shape index (κ1) is 7.68. The summed E-state index contributed by atoms with van der Waals surface area (Å²) in [6.45, 7) is 0. The Bertz CT molecular complexity index is 408. The number of thiol groups is 1. The molecule has 0 amide bonds. The molecule has 3 heteroatoms. The summed E-state index contributed by atoms with van der Waals surface area (Å²) in [6, 6.07) is 6.79. The van der Waals surface area contributed by atoms with Gasteiger partial charge in [-0.1, -0.05) is 6.07 Å². The molecular formula is C9H8FNS. The van der Waals surface area contributed by atoms with Crippen LogP contribution in [0.4, 0.5) is 4.39 Å². The molecule has 2 rings (SSSR count). The number of rotatable bonds is 1. The second-order valence-electron chi connectivity index (χ2n) is 2.65. The van der Waals surface area contributed by atoms with Gasteiger partial charge in [0.2, 0.25) is 0 Å². The first-order valence-electron chi connectivity index (χ1n) is 3.68. The minimum Gasteiger partial charge on any atom is -0.358 e. The highest BCUT2D eigenvalue weighted by molar-refractivity contribution is 7.79. The molecule has 0 unspecified atom stereocenters. The van der Waals surface area contributed by atoms with E-state index in [1.807, 2.05) is 6.07 Å². The number of H-pyrrole nitrogens is 1. The maximum atomic E-state index is 13.1. The van der Waals surface area contributed by atoms with Gasteiger partial charge >= 0.3 is 0 Å². The molecular weight excluding hydrogens is 173 g/mol. The molecule has 0 bridgehead atoms. The Kier molecular flexibility index (Phi) is 1.81. The van der Waals surface area contributed by atoms with Gasteiger partial charge in [0.25, 0.3) is 0 Å². The highest BCUT2D eigenvalue weighted by Crippen LogP contribution is 2.19. The summed E-state index contributed by atoms with van der Waals surface area (Å²) in [6.07, 6.45) is 0. The van der Waals surface area contributed by atoms with Gasteiger partial charge < -0.3 is 4.98 Å². The number of nitrogens with one attached hydrogen (secondary N) is 1. The number of benzene rings is 1. The molecule has 0 aliphatic rings. The van der Waals surface area contributed by atoms with Crippen LogP contribution >= 0.6 is 12.6 Å². The minimum atomic E-state index is -0.184. The second-order valence-corrected chi connectivity index (χ2v) is 2.97. The normalized spacial score (nSPS) is 10.8. The maximum absolute atomic E-state index is 13.1. The van der Waals surface area contributed by atoms with E-state index in [1.54, 1.807) is 12.1 Å². The van der Waals surface area contributed by atoms with Gasteiger partial charge in [-0.15, -0.1) is 0 Å². The van der Waals surface area contributed by atoms with Crippen molar-refractivity contribution in [2.75, 3.05) is 0 Å². The van der Waals surface area contributed by atoms with Crippen LogP contribution in [0.1, 0.15) is 5.69 Å². The van der Waals surface area contributed by atoms with Crippen molar-refractivity contribution in [1.29, 1.82) is 0 Å². The van der Waals surface area contributed by atoms with Crippen LogP contribution in [0.15, 0.2) is 24.3 Å². The Balaban J connectivity index is 2.74. The molecule has 0 aliphatic carbocycles. The average Bonchev–Trinajstić information content (AvgIpc) is 2.49. The van der Waals surface area contributed by atoms with E-state index in [0.29, 0.717) is 11.1 Å². The largest absolute Gasteiger partial charge is 0.358 e. The third-order valence-electron chi connectivity index (χ3n) is 1.84. The third-order valence-corrected chi connectivity index (χ3v) is 2.18. The monoisotopic (exact) mass is 181 g/mol. The summed E-state index contributed by atoms with van der Waals surface area (Å²) < 4.78 is 13.1. The molecule has 0 saturated heterocycles. The number of halogens is 1. The molecule has 0 saturated carbocycles. The van der Waals surface area contributed by atoms with E-state index in [0.717, 1.165) is 11.2 Å². The number of aromatic amines is 1. The van der Waals surface area contributed by atoms with E-state index in [2.05, 4.69) is 17.6 Å². The molecule has 1 aromatic heterocycles. The highest BCUT2D eigenvalue weighted by Gasteiger charge is 2.02. The second kappa shape index (κ2) is 2.83. The number of aromatic nitrogens is 1. The molecule has 62 valence electrons. The molecule has 1 nitrogen and oxygen atoms in total. The third kappa shape index (κ3) is 1.10. The summed E-state index contributed by atoms with van der Waals surface area (Å²) in [5, 5.41) is 0.640. The summed E-state index contributed by atoms with van der Waals surface area (Å²) in [7, 11) is 0. The molecule has 0 atom stereocenters. The van der Waals surface area contributed by atoms with E-state index >= 15 is 0 Å². The predicted molar refractivity (Wildman–Crippen MR) is 50.9 cm³/mol. The molecule has 1 aromatic carbocycles. The van der Waals surface area contributed by atoms with Gasteiger partial charge in [-0.05, 0) is 18.2 Å². The van der Waals surface area contributed by atoms with Crippen molar-refractivity contribution in [3.05, 3.63) is 35.8 Å². The van der Waals surface area contributed by atoms with Crippen LogP contribution in [-0.2, 0) is 5.75 Å². The molecule has 0 fully saturated rings. The zero-order valence-corrected chi connectivity index (χ0v) is 7.24. The van der Waals surface area contributed by atoms with E-state index in [9.17, 15) is 4.39 Å². The van der Waals surface area contributed by atoms with E-state index in [-0.39, 0.29) is 5.82 Å². The number of hydrogen-bond donors (Lipinski definition) is 2. The van der Waals surface area contributed by atoms with Gasteiger partial charge in [0.05, 0.1) is 0 Å². The minimum absolute atomic E-state index is 0.184. The molecule has 0 radical (unpaired) electrons. The summed E-state index contributed by atoms with van der Waals surface area (Å²) in [4.78, 5) is 3.07. The summed E-state index contributed by atoms with van der Waals surface area (Å²) in [5.41, 5.74) is 1.78. The van der Waals surface area contributed by atoms with Crippen LogP contribution in [0.3, 0.4) is 0 Å². The van der Waals surface area contributed by atoms with Gasteiger partial charge in [0.15, 0.2) is 0 Å².